The highest BCUT2D eigenvalue weighted by Gasteiger charge is 2.39. The maximum atomic E-state index is 11.5. The molecule has 0 bridgehead atoms. The summed E-state index contributed by atoms with van der Waals surface area (Å²) in [7, 11) is 0. The van der Waals surface area contributed by atoms with Gasteiger partial charge in [0.2, 0.25) is 0 Å². The first kappa shape index (κ1) is 9.49. The van der Waals surface area contributed by atoms with Gasteiger partial charge in [-0.25, -0.2) is 0 Å². The summed E-state index contributed by atoms with van der Waals surface area (Å²) in [5, 5.41) is 13.1. The number of halogens is 1. The second-order valence-corrected chi connectivity index (χ2v) is 3.79. The van der Waals surface area contributed by atoms with Crippen molar-refractivity contribution in [3.63, 3.8) is 0 Å². The lowest BCUT2D eigenvalue weighted by Crippen LogP contribution is -2.38. The summed E-state index contributed by atoms with van der Waals surface area (Å²) in [4.78, 5) is 11.5. The van der Waals surface area contributed by atoms with E-state index in [4.69, 9.17) is 11.6 Å². The van der Waals surface area contributed by atoms with Gasteiger partial charge in [-0.1, -0.05) is 24.6 Å². The van der Waals surface area contributed by atoms with E-state index in [0.717, 1.165) is 0 Å². The summed E-state index contributed by atoms with van der Waals surface area (Å²) < 4.78 is 0. The van der Waals surface area contributed by atoms with Gasteiger partial charge in [-0.05, 0) is 18.6 Å². The molecule has 0 aromatic heterocycles. The Hall–Kier alpha value is -1.06. The smallest absolute Gasteiger partial charge is 0.254 e. The number of rotatable bonds is 1. The molecule has 0 fully saturated rings. The fourth-order valence-electron chi connectivity index (χ4n) is 1.67. The number of aliphatic hydroxyl groups is 1. The molecule has 2 rings (SSSR count). The molecule has 74 valence electrons. The van der Waals surface area contributed by atoms with Gasteiger partial charge in [0.25, 0.3) is 5.91 Å². The van der Waals surface area contributed by atoms with Crippen LogP contribution in [0, 0.1) is 0 Å². The summed E-state index contributed by atoms with van der Waals surface area (Å²) in [5.41, 5.74) is -0.159. The number of nitrogens with one attached hydrogen (secondary N) is 1. The molecule has 1 heterocycles. The summed E-state index contributed by atoms with van der Waals surface area (Å²) in [6, 6.07) is 4.92. The van der Waals surface area contributed by atoms with E-state index >= 15 is 0 Å². The van der Waals surface area contributed by atoms with Gasteiger partial charge in [0.1, 0.15) is 0 Å². The van der Waals surface area contributed by atoms with Crippen LogP contribution in [0.15, 0.2) is 18.2 Å². The molecule has 1 amide bonds. The van der Waals surface area contributed by atoms with Gasteiger partial charge in [-0.15, -0.1) is 0 Å². The Morgan fingerprint density at radius 3 is 2.93 bits per heavy atom. The molecule has 0 radical (unpaired) electrons. The molecular weight excluding hydrogens is 202 g/mol. The maximum absolute atomic E-state index is 11.5. The molecule has 2 N–H and O–H groups in total. The Bertz CT molecular complexity index is 405. The third-order valence-electron chi connectivity index (χ3n) is 2.50. The van der Waals surface area contributed by atoms with Crippen LogP contribution in [0.25, 0.3) is 0 Å². The molecule has 0 spiro atoms. The number of carbonyl (C=O) groups excluding carboxylic acids is 1. The van der Waals surface area contributed by atoms with E-state index in [0.29, 0.717) is 22.6 Å². The minimum atomic E-state index is -1.23. The van der Waals surface area contributed by atoms with Crippen molar-refractivity contribution in [2.45, 2.75) is 19.1 Å². The number of carbonyl (C=O) groups is 1. The van der Waals surface area contributed by atoms with Crippen LogP contribution in [0.4, 0.5) is 0 Å². The number of hydrogen-bond acceptors (Lipinski definition) is 2. The maximum Gasteiger partial charge on any atom is 0.254 e. The lowest BCUT2D eigenvalue weighted by Gasteiger charge is -2.21. The standard InChI is InChI=1S/C10H10ClNO2/c1-2-10(14)8-4-3-6(11)5-7(8)9(13)12-10/h3-5,14H,2H2,1H3,(H,12,13)/t10-/m1/s1. The van der Waals surface area contributed by atoms with E-state index in [1.807, 2.05) is 6.92 Å². The van der Waals surface area contributed by atoms with Crippen molar-refractivity contribution in [3.8, 4) is 0 Å². The zero-order chi connectivity index (χ0) is 10.3. The van der Waals surface area contributed by atoms with Crippen LogP contribution in [0.2, 0.25) is 5.02 Å². The highest BCUT2D eigenvalue weighted by Crippen LogP contribution is 2.32. The van der Waals surface area contributed by atoms with E-state index < -0.39 is 5.72 Å². The van der Waals surface area contributed by atoms with Crippen molar-refractivity contribution in [2.24, 2.45) is 0 Å². The van der Waals surface area contributed by atoms with Gasteiger partial charge in [0.15, 0.2) is 5.72 Å². The van der Waals surface area contributed by atoms with Crippen LogP contribution in [0.3, 0.4) is 0 Å². The van der Waals surface area contributed by atoms with Crippen LogP contribution in [-0.2, 0) is 5.72 Å². The highest BCUT2D eigenvalue weighted by atomic mass is 35.5. The van der Waals surface area contributed by atoms with Crippen molar-refractivity contribution < 1.29 is 9.90 Å². The molecule has 0 saturated heterocycles. The van der Waals surface area contributed by atoms with E-state index in [2.05, 4.69) is 5.32 Å². The molecule has 1 aromatic carbocycles. The van der Waals surface area contributed by atoms with Gasteiger partial charge in [0.05, 0.1) is 0 Å². The molecule has 4 heteroatoms. The SMILES string of the molecule is CC[C@]1(O)NC(=O)c2cc(Cl)ccc21. The third-order valence-corrected chi connectivity index (χ3v) is 2.74. The molecule has 1 atom stereocenters. The predicted octanol–water partition coefficient (Wildman–Crippen LogP) is 1.64. The Labute approximate surface area is 86.7 Å². The van der Waals surface area contributed by atoms with Crippen molar-refractivity contribution >= 4 is 17.5 Å². The fraction of sp³-hybridized carbons (Fsp3) is 0.300. The summed E-state index contributed by atoms with van der Waals surface area (Å²) >= 11 is 5.76. The average molecular weight is 212 g/mol. The first-order chi connectivity index (χ1) is 6.57. The van der Waals surface area contributed by atoms with Crippen LogP contribution in [-0.4, -0.2) is 11.0 Å². The number of hydrogen-bond donors (Lipinski definition) is 2. The Balaban J connectivity index is 2.61. The van der Waals surface area contributed by atoms with Crippen molar-refractivity contribution in [1.29, 1.82) is 0 Å². The second kappa shape index (κ2) is 2.97. The molecule has 1 aromatic rings. The Morgan fingerprint density at radius 2 is 2.29 bits per heavy atom. The summed E-state index contributed by atoms with van der Waals surface area (Å²) in [5.74, 6) is -0.271. The lowest BCUT2D eigenvalue weighted by atomic mass is 10.00. The molecule has 14 heavy (non-hydrogen) atoms. The molecule has 0 unspecified atom stereocenters. The number of fused-ring (bicyclic) bond motifs is 1. The lowest BCUT2D eigenvalue weighted by molar-refractivity contribution is 0.00970. The van der Waals surface area contributed by atoms with Crippen LogP contribution < -0.4 is 5.32 Å². The van der Waals surface area contributed by atoms with Gasteiger partial charge in [0, 0.05) is 16.1 Å². The minimum absolute atomic E-state index is 0.271. The topological polar surface area (TPSA) is 49.3 Å². The van der Waals surface area contributed by atoms with Crippen LogP contribution in [0.5, 0.6) is 0 Å². The predicted molar refractivity (Wildman–Crippen MR) is 53.1 cm³/mol. The second-order valence-electron chi connectivity index (χ2n) is 3.36. The van der Waals surface area contributed by atoms with E-state index in [-0.39, 0.29) is 5.91 Å². The Kier molecular flexibility index (Phi) is 2.01. The summed E-state index contributed by atoms with van der Waals surface area (Å²) in [6.45, 7) is 1.81. The normalized spacial score (nSPS) is 24.6. The third kappa shape index (κ3) is 1.21. The molecule has 1 aliphatic rings. The van der Waals surface area contributed by atoms with E-state index in [1.165, 1.54) is 0 Å². The van der Waals surface area contributed by atoms with Gasteiger partial charge >= 0.3 is 0 Å². The van der Waals surface area contributed by atoms with Crippen LogP contribution in [0.1, 0.15) is 29.3 Å². The van der Waals surface area contributed by atoms with Crippen molar-refractivity contribution in [3.05, 3.63) is 34.3 Å². The highest BCUT2D eigenvalue weighted by molar-refractivity contribution is 6.31. The minimum Gasteiger partial charge on any atom is -0.367 e. The zero-order valence-electron chi connectivity index (χ0n) is 7.67. The van der Waals surface area contributed by atoms with Gasteiger partial charge in [-0.2, -0.15) is 0 Å². The van der Waals surface area contributed by atoms with E-state index in [1.54, 1.807) is 18.2 Å². The molecule has 1 aliphatic heterocycles. The largest absolute Gasteiger partial charge is 0.367 e. The first-order valence-electron chi connectivity index (χ1n) is 4.42. The summed E-state index contributed by atoms with van der Waals surface area (Å²) in [6.07, 6.45) is 0.438. The van der Waals surface area contributed by atoms with Gasteiger partial charge in [-0.3, -0.25) is 4.79 Å². The quantitative estimate of drug-likeness (QED) is 0.742. The zero-order valence-corrected chi connectivity index (χ0v) is 8.43. The molecule has 3 nitrogen and oxygen atoms in total. The molecule has 0 aliphatic carbocycles. The van der Waals surface area contributed by atoms with Crippen molar-refractivity contribution in [1.82, 2.24) is 5.32 Å². The monoisotopic (exact) mass is 211 g/mol. The molecular formula is C10H10ClNO2. The fourth-order valence-corrected chi connectivity index (χ4v) is 1.84. The number of benzene rings is 1. The Morgan fingerprint density at radius 1 is 1.57 bits per heavy atom. The first-order valence-corrected chi connectivity index (χ1v) is 4.79. The molecule has 0 saturated carbocycles. The van der Waals surface area contributed by atoms with Crippen molar-refractivity contribution in [2.75, 3.05) is 0 Å². The van der Waals surface area contributed by atoms with E-state index in [9.17, 15) is 9.90 Å². The van der Waals surface area contributed by atoms with Crippen LogP contribution >= 0.6 is 11.6 Å². The average Bonchev–Trinajstić information content (AvgIpc) is 2.40. The number of amides is 1. The van der Waals surface area contributed by atoms with Gasteiger partial charge < -0.3 is 10.4 Å².